The molecule has 134 valence electrons. The third-order valence-corrected chi connectivity index (χ3v) is 5.53. The Morgan fingerprint density at radius 3 is 2.52 bits per heavy atom. The molecule has 1 aromatic carbocycles. The summed E-state index contributed by atoms with van der Waals surface area (Å²) in [6.07, 6.45) is 6.34. The van der Waals surface area contributed by atoms with Gasteiger partial charge in [0.1, 0.15) is 0 Å². The molecule has 1 aromatic heterocycles. The van der Waals surface area contributed by atoms with Gasteiger partial charge in [0.15, 0.2) is 5.82 Å². The molecule has 25 heavy (non-hydrogen) atoms. The third kappa shape index (κ3) is 4.01. The molecule has 2 fully saturated rings. The van der Waals surface area contributed by atoms with Crippen LogP contribution in [-0.2, 0) is 16.4 Å². The van der Waals surface area contributed by atoms with E-state index in [0.29, 0.717) is 35.9 Å². The van der Waals surface area contributed by atoms with E-state index in [4.69, 9.17) is 4.52 Å². The SMILES string of the molecule is CS(=O)(=O)Nc1ccc(Cc2noc([C@@H]3C[C@H]4CC[C@@H](C3)N4)n2)cc1. The van der Waals surface area contributed by atoms with Crippen LogP contribution in [0.1, 0.15) is 48.9 Å². The highest BCUT2D eigenvalue weighted by atomic mass is 32.2. The first-order valence-electron chi connectivity index (χ1n) is 8.60. The van der Waals surface area contributed by atoms with Crippen LogP contribution in [0.5, 0.6) is 0 Å². The molecule has 8 heteroatoms. The molecule has 2 aliphatic rings. The molecule has 7 nitrogen and oxygen atoms in total. The van der Waals surface area contributed by atoms with Gasteiger partial charge in [0.2, 0.25) is 15.9 Å². The summed E-state index contributed by atoms with van der Waals surface area (Å²) in [5, 5.41) is 7.74. The van der Waals surface area contributed by atoms with Gasteiger partial charge in [-0.1, -0.05) is 17.3 Å². The summed E-state index contributed by atoms with van der Waals surface area (Å²) < 4.78 is 30.4. The average molecular weight is 362 g/mol. The van der Waals surface area contributed by atoms with Crippen molar-refractivity contribution in [3.63, 3.8) is 0 Å². The standard InChI is InChI=1S/C17H22N4O3S/c1-25(22,23)21-13-4-2-11(3-5-13)8-16-19-17(24-20-16)12-9-14-6-7-15(10-12)18-14/h2-5,12,14-15,18,21H,6-10H2,1H3/t12-,14-,15+. The molecule has 0 aliphatic carbocycles. The minimum Gasteiger partial charge on any atom is -0.339 e. The zero-order valence-corrected chi connectivity index (χ0v) is 14.9. The van der Waals surface area contributed by atoms with E-state index in [-0.39, 0.29) is 0 Å². The number of hydrogen-bond acceptors (Lipinski definition) is 6. The van der Waals surface area contributed by atoms with E-state index in [1.807, 2.05) is 12.1 Å². The molecular formula is C17H22N4O3S. The van der Waals surface area contributed by atoms with E-state index in [1.54, 1.807) is 12.1 Å². The van der Waals surface area contributed by atoms with Crippen molar-refractivity contribution in [1.29, 1.82) is 0 Å². The Hall–Kier alpha value is -1.93. The Morgan fingerprint density at radius 1 is 1.20 bits per heavy atom. The molecule has 0 saturated carbocycles. The molecule has 3 atom stereocenters. The minimum atomic E-state index is -3.26. The van der Waals surface area contributed by atoms with Gasteiger partial charge in [0, 0.05) is 30.1 Å². The molecule has 2 saturated heterocycles. The van der Waals surface area contributed by atoms with Crippen LogP contribution >= 0.6 is 0 Å². The minimum absolute atomic E-state index is 0.362. The maximum atomic E-state index is 11.2. The van der Waals surface area contributed by atoms with E-state index in [9.17, 15) is 8.42 Å². The predicted molar refractivity (Wildman–Crippen MR) is 93.9 cm³/mol. The molecule has 2 aliphatic heterocycles. The smallest absolute Gasteiger partial charge is 0.229 e. The van der Waals surface area contributed by atoms with Crippen LogP contribution in [0, 0.1) is 0 Å². The summed E-state index contributed by atoms with van der Waals surface area (Å²) in [7, 11) is -3.26. The van der Waals surface area contributed by atoms with E-state index < -0.39 is 10.0 Å². The highest BCUT2D eigenvalue weighted by Gasteiger charge is 2.36. The second kappa shape index (κ2) is 6.42. The van der Waals surface area contributed by atoms with E-state index in [2.05, 4.69) is 20.2 Å². The zero-order chi connectivity index (χ0) is 17.4. The fraction of sp³-hybridized carbons (Fsp3) is 0.529. The van der Waals surface area contributed by atoms with Crippen LogP contribution in [0.3, 0.4) is 0 Å². The number of anilines is 1. The van der Waals surface area contributed by atoms with Gasteiger partial charge < -0.3 is 9.84 Å². The second-order valence-electron chi connectivity index (χ2n) is 7.10. The molecule has 0 spiro atoms. The summed E-state index contributed by atoms with van der Waals surface area (Å²) in [5.41, 5.74) is 1.56. The number of rotatable bonds is 5. The molecular weight excluding hydrogens is 340 g/mol. The summed E-state index contributed by atoms with van der Waals surface area (Å²) in [6.45, 7) is 0. The fourth-order valence-electron chi connectivity index (χ4n) is 3.85. The first-order valence-corrected chi connectivity index (χ1v) is 10.5. The van der Waals surface area contributed by atoms with Crippen molar-refractivity contribution in [2.24, 2.45) is 0 Å². The summed E-state index contributed by atoms with van der Waals surface area (Å²) >= 11 is 0. The molecule has 0 amide bonds. The van der Waals surface area contributed by atoms with Gasteiger partial charge in [-0.25, -0.2) is 8.42 Å². The number of nitrogens with zero attached hydrogens (tertiary/aromatic N) is 2. The lowest BCUT2D eigenvalue weighted by Crippen LogP contribution is -2.37. The average Bonchev–Trinajstić information content (AvgIpc) is 3.14. The molecule has 2 bridgehead atoms. The highest BCUT2D eigenvalue weighted by Crippen LogP contribution is 2.36. The van der Waals surface area contributed by atoms with Crippen molar-refractivity contribution in [1.82, 2.24) is 15.5 Å². The Bertz CT molecular complexity index is 835. The van der Waals surface area contributed by atoms with E-state index >= 15 is 0 Å². The highest BCUT2D eigenvalue weighted by molar-refractivity contribution is 7.92. The number of sulfonamides is 1. The van der Waals surface area contributed by atoms with Crippen LogP contribution in [0.15, 0.2) is 28.8 Å². The molecule has 4 rings (SSSR count). The van der Waals surface area contributed by atoms with Gasteiger partial charge in [-0.2, -0.15) is 4.98 Å². The zero-order valence-electron chi connectivity index (χ0n) is 14.1. The quantitative estimate of drug-likeness (QED) is 0.845. The Morgan fingerprint density at radius 2 is 1.88 bits per heavy atom. The van der Waals surface area contributed by atoms with Gasteiger partial charge in [-0.3, -0.25) is 4.72 Å². The Kier molecular flexibility index (Phi) is 4.24. The van der Waals surface area contributed by atoms with Crippen molar-refractivity contribution >= 4 is 15.7 Å². The normalized spacial score (nSPS) is 25.9. The molecule has 2 N–H and O–H groups in total. The van der Waals surface area contributed by atoms with Crippen LogP contribution in [0.2, 0.25) is 0 Å². The molecule has 0 unspecified atom stereocenters. The van der Waals surface area contributed by atoms with E-state index in [0.717, 1.165) is 30.6 Å². The summed E-state index contributed by atoms with van der Waals surface area (Å²) in [5.74, 6) is 1.79. The number of nitrogens with one attached hydrogen (secondary N) is 2. The maximum absolute atomic E-state index is 11.2. The topological polar surface area (TPSA) is 97.1 Å². The lowest BCUT2D eigenvalue weighted by atomic mass is 9.92. The summed E-state index contributed by atoms with van der Waals surface area (Å²) in [4.78, 5) is 4.59. The number of fused-ring (bicyclic) bond motifs is 2. The van der Waals surface area contributed by atoms with Crippen LogP contribution in [0.4, 0.5) is 5.69 Å². The van der Waals surface area contributed by atoms with Crippen LogP contribution in [-0.4, -0.2) is 36.9 Å². The van der Waals surface area contributed by atoms with Crippen molar-refractivity contribution < 1.29 is 12.9 Å². The van der Waals surface area contributed by atoms with Gasteiger partial charge in [-0.05, 0) is 43.4 Å². The first-order chi connectivity index (χ1) is 11.9. The van der Waals surface area contributed by atoms with Crippen LogP contribution in [0.25, 0.3) is 0 Å². The maximum Gasteiger partial charge on any atom is 0.229 e. The third-order valence-electron chi connectivity index (χ3n) is 4.93. The fourth-order valence-corrected chi connectivity index (χ4v) is 4.42. The van der Waals surface area contributed by atoms with Crippen molar-refractivity contribution in [3.8, 4) is 0 Å². The Labute approximate surface area is 147 Å². The largest absolute Gasteiger partial charge is 0.339 e. The molecule has 2 aromatic rings. The number of piperidine rings is 1. The van der Waals surface area contributed by atoms with Gasteiger partial charge in [-0.15, -0.1) is 0 Å². The van der Waals surface area contributed by atoms with Crippen molar-refractivity contribution in [2.45, 2.75) is 50.1 Å². The first kappa shape index (κ1) is 16.5. The monoisotopic (exact) mass is 362 g/mol. The van der Waals surface area contributed by atoms with Gasteiger partial charge in [0.05, 0.1) is 6.26 Å². The Balaban J connectivity index is 1.41. The lowest BCUT2D eigenvalue weighted by molar-refractivity contribution is 0.286. The molecule has 0 radical (unpaired) electrons. The lowest BCUT2D eigenvalue weighted by Gasteiger charge is -2.26. The number of hydrogen-bond donors (Lipinski definition) is 2. The van der Waals surface area contributed by atoms with Gasteiger partial charge >= 0.3 is 0 Å². The van der Waals surface area contributed by atoms with Crippen LogP contribution < -0.4 is 10.0 Å². The second-order valence-corrected chi connectivity index (χ2v) is 8.85. The predicted octanol–water partition coefficient (Wildman–Crippen LogP) is 2.03. The summed E-state index contributed by atoms with van der Waals surface area (Å²) in [6, 6.07) is 8.40. The van der Waals surface area contributed by atoms with Crippen molar-refractivity contribution in [3.05, 3.63) is 41.5 Å². The molecule has 3 heterocycles. The van der Waals surface area contributed by atoms with E-state index in [1.165, 1.54) is 12.8 Å². The number of aromatic nitrogens is 2. The van der Waals surface area contributed by atoms with Crippen molar-refractivity contribution in [2.75, 3.05) is 11.0 Å². The number of benzene rings is 1. The van der Waals surface area contributed by atoms with Gasteiger partial charge in [0.25, 0.3) is 0 Å².